The van der Waals surface area contributed by atoms with E-state index in [-0.39, 0.29) is 11.7 Å². The van der Waals surface area contributed by atoms with Crippen molar-refractivity contribution in [3.8, 4) is 0 Å². The molecule has 1 N–H and O–H groups in total. The molecule has 0 saturated heterocycles. The highest BCUT2D eigenvalue weighted by molar-refractivity contribution is 5.91. The van der Waals surface area contributed by atoms with Crippen LogP contribution in [-0.4, -0.2) is 12.5 Å². The second-order valence-corrected chi connectivity index (χ2v) is 5.43. The molecule has 0 saturated carbocycles. The molecule has 4 heteroatoms. The zero-order chi connectivity index (χ0) is 15.3. The van der Waals surface area contributed by atoms with Gasteiger partial charge >= 0.3 is 0 Å². The predicted molar refractivity (Wildman–Crippen MR) is 80.2 cm³/mol. The highest BCUT2D eigenvalue weighted by Gasteiger charge is 2.24. The first kappa shape index (κ1) is 15.0. The highest BCUT2D eigenvalue weighted by atomic mass is 19.1. The number of hydrogen-bond acceptors (Lipinski definition) is 2. The van der Waals surface area contributed by atoms with Crippen molar-refractivity contribution in [3.63, 3.8) is 0 Å². The maximum atomic E-state index is 13.8. The molecule has 0 fully saturated rings. The van der Waals surface area contributed by atoms with Gasteiger partial charge in [0.05, 0.1) is 6.26 Å². The van der Waals surface area contributed by atoms with E-state index in [1.54, 1.807) is 42.7 Å². The van der Waals surface area contributed by atoms with Gasteiger partial charge in [0.1, 0.15) is 11.6 Å². The number of hydrogen-bond donors (Lipinski definition) is 1. The molecule has 0 spiro atoms. The Bertz CT molecular complexity index is 630. The van der Waals surface area contributed by atoms with Crippen molar-refractivity contribution < 1.29 is 13.6 Å². The van der Waals surface area contributed by atoms with Gasteiger partial charge in [-0.05, 0) is 29.8 Å². The van der Waals surface area contributed by atoms with E-state index in [4.69, 9.17) is 4.42 Å². The number of benzene rings is 1. The van der Waals surface area contributed by atoms with E-state index < -0.39 is 5.41 Å². The summed E-state index contributed by atoms with van der Waals surface area (Å²) in [5.74, 6) is 0.109. The number of rotatable bonds is 5. The standard InChI is InChI=1S/C17H18FNO2/c1-17(2,14-7-3-4-8-15(14)18)12-19-16(20)10-9-13-6-5-11-21-13/h3-11H,12H2,1-2H3,(H,19,20)/b10-9+. The van der Waals surface area contributed by atoms with Crippen molar-refractivity contribution in [1.82, 2.24) is 5.32 Å². The lowest BCUT2D eigenvalue weighted by atomic mass is 9.84. The summed E-state index contributed by atoms with van der Waals surface area (Å²) in [5, 5.41) is 2.78. The van der Waals surface area contributed by atoms with Gasteiger partial charge < -0.3 is 9.73 Å². The van der Waals surface area contributed by atoms with Crippen molar-refractivity contribution in [2.24, 2.45) is 0 Å². The third-order valence-corrected chi connectivity index (χ3v) is 3.25. The molecule has 0 unspecified atom stereocenters. The van der Waals surface area contributed by atoms with Crippen molar-refractivity contribution in [3.05, 3.63) is 65.9 Å². The van der Waals surface area contributed by atoms with Crippen LogP contribution in [0.3, 0.4) is 0 Å². The molecule has 2 aromatic rings. The number of halogens is 1. The van der Waals surface area contributed by atoms with Crippen LogP contribution in [0.2, 0.25) is 0 Å². The van der Waals surface area contributed by atoms with Crippen LogP contribution in [0.25, 0.3) is 6.08 Å². The van der Waals surface area contributed by atoms with Gasteiger partial charge in [-0.3, -0.25) is 4.79 Å². The van der Waals surface area contributed by atoms with Crippen molar-refractivity contribution in [2.45, 2.75) is 19.3 Å². The summed E-state index contributed by atoms with van der Waals surface area (Å²) in [7, 11) is 0. The number of furan rings is 1. The summed E-state index contributed by atoms with van der Waals surface area (Å²) in [6.07, 6.45) is 4.53. The Hall–Kier alpha value is -2.36. The number of carbonyl (C=O) groups is 1. The Kier molecular flexibility index (Phi) is 4.58. The topological polar surface area (TPSA) is 42.2 Å². The number of carbonyl (C=O) groups excluding carboxylic acids is 1. The van der Waals surface area contributed by atoms with E-state index in [0.717, 1.165) is 0 Å². The Morgan fingerprint density at radius 2 is 2.05 bits per heavy atom. The number of nitrogens with one attached hydrogen (secondary N) is 1. The molecular formula is C17H18FNO2. The minimum atomic E-state index is -0.487. The van der Waals surface area contributed by atoms with Crippen LogP contribution in [0.15, 0.2) is 53.2 Å². The van der Waals surface area contributed by atoms with Crippen molar-refractivity contribution >= 4 is 12.0 Å². The lowest BCUT2D eigenvalue weighted by Crippen LogP contribution is -2.36. The fourth-order valence-electron chi connectivity index (χ4n) is 2.02. The minimum Gasteiger partial charge on any atom is -0.465 e. The van der Waals surface area contributed by atoms with E-state index in [1.807, 2.05) is 13.8 Å². The molecule has 1 aromatic heterocycles. The molecule has 0 aliphatic heterocycles. The first-order chi connectivity index (χ1) is 9.99. The molecule has 1 heterocycles. The van der Waals surface area contributed by atoms with Gasteiger partial charge in [0.25, 0.3) is 0 Å². The van der Waals surface area contributed by atoms with Crippen LogP contribution >= 0.6 is 0 Å². The van der Waals surface area contributed by atoms with Crippen LogP contribution in [0.5, 0.6) is 0 Å². The molecular weight excluding hydrogens is 269 g/mol. The minimum absolute atomic E-state index is 0.240. The van der Waals surface area contributed by atoms with Gasteiger partial charge in [0, 0.05) is 18.0 Å². The van der Waals surface area contributed by atoms with Gasteiger partial charge in [-0.25, -0.2) is 4.39 Å². The molecule has 0 aliphatic carbocycles. The first-order valence-electron chi connectivity index (χ1n) is 6.73. The highest BCUT2D eigenvalue weighted by Crippen LogP contribution is 2.24. The van der Waals surface area contributed by atoms with Gasteiger partial charge in [-0.15, -0.1) is 0 Å². The Balaban J connectivity index is 1.95. The zero-order valence-electron chi connectivity index (χ0n) is 12.1. The number of amides is 1. The summed E-state index contributed by atoms with van der Waals surface area (Å²) < 4.78 is 18.9. The zero-order valence-corrected chi connectivity index (χ0v) is 12.1. The van der Waals surface area contributed by atoms with E-state index in [9.17, 15) is 9.18 Å². The average molecular weight is 287 g/mol. The molecule has 21 heavy (non-hydrogen) atoms. The molecule has 1 aromatic carbocycles. The van der Waals surface area contributed by atoms with E-state index in [1.165, 1.54) is 12.1 Å². The van der Waals surface area contributed by atoms with Crippen LogP contribution in [0.4, 0.5) is 4.39 Å². The van der Waals surface area contributed by atoms with Crippen LogP contribution in [0, 0.1) is 5.82 Å². The quantitative estimate of drug-likeness (QED) is 0.855. The van der Waals surface area contributed by atoms with Crippen molar-refractivity contribution in [2.75, 3.05) is 6.54 Å². The molecule has 0 bridgehead atoms. The van der Waals surface area contributed by atoms with Crippen LogP contribution in [-0.2, 0) is 10.2 Å². The second kappa shape index (κ2) is 6.39. The summed E-state index contributed by atoms with van der Waals surface area (Å²) in [6.45, 7) is 4.12. The van der Waals surface area contributed by atoms with Crippen LogP contribution < -0.4 is 5.32 Å². The van der Waals surface area contributed by atoms with E-state index in [0.29, 0.717) is 17.9 Å². The van der Waals surface area contributed by atoms with Gasteiger partial charge in [-0.2, -0.15) is 0 Å². The molecule has 3 nitrogen and oxygen atoms in total. The Labute approximate surface area is 123 Å². The molecule has 0 aliphatic rings. The Morgan fingerprint density at radius 3 is 2.71 bits per heavy atom. The summed E-state index contributed by atoms with van der Waals surface area (Å²) in [4.78, 5) is 11.8. The molecule has 0 radical (unpaired) electrons. The largest absolute Gasteiger partial charge is 0.465 e. The molecule has 1 amide bonds. The maximum Gasteiger partial charge on any atom is 0.244 e. The van der Waals surface area contributed by atoms with Gasteiger partial charge in [0.2, 0.25) is 5.91 Å². The van der Waals surface area contributed by atoms with Crippen LogP contribution in [0.1, 0.15) is 25.2 Å². The first-order valence-corrected chi connectivity index (χ1v) is 6.73. The normalized spacial score (nSPS) is 11.8. The summed E-state index contributed by atoms with van der Waals surface area (Å²) >= 11 is 0. The monoisotopic (exact) mass is 287 g/mol. The van der Waals surface area contributed by atoms with Gasteiger partial charge in [0.15, 0.2) is 0 Å². The third-order valence-electron chi connectivity index (χ3n) is 3.25. The van der Waals surface area contributed by atoms with E-state index >= 15 is 0 Å². The molecule has 2 rings (SSSR count). The van der Waals surface area contributed by atoms with Crippen molar-refractivity contribution in [1.29, 1.82) is 0 Å². The molecule has 110 valence electrons. The predicted octanol–water partition coefficient (Wildman–Crippen LogP) is 3.53. The SMILES string of the molecule is CC(C)(CNC(=O)/C=C/c1ccco1)c1ccccc1F. The summed E-state index contributed by atoms with van der Waals surface area (Å²) in [6, 6.07) is 10.1. The maximum absolute atomic E-state index is 13.8. The lowest BCUT2D eigenvalue weighted by molar-refractivity contribution is -0.116. The molecule has 0 atom stereocenters. The fourth-order valence-corrected chi connectivity index (χ4v) is 2.02. The lowest BCUT2D eigenvalue weighted by Gasteiger charge is -2.25. The van der Waals surface area contributed by atoms with Gasteiger partial charge in [-0.1, -0.05) is 32.0 Å². The summed E-state index contributed by atoms with van der Waals surface area (Å²) in [5.41, 5.74) is 0.0970. The third kappa shape index (κ3) is 4.05. The average Bonchev–Trinajstić information content (AvgIpc) is 2.96. The second-order valence-electron chi connectivity index (χ2n) is 5.43. The smallest absolute Gasteiger partial charge is 0.244 e. The Morgan fingerprint density at radius 1 is 1.29 bits per heavy atom. The fraction of sp³-hybridized carbons (Fsp3) is 0.235. The van der Waals surface area contributed by atoms with E-state index in [2.05, 4.69) is 5.32 Å².